The zero-order chi connectivity index (χ0) is 22.9. The van der Waals surface area contributed by atoms with E-state index in [9.17, 15) is 9.59 Å². The molecule has 0 spiro atoms. The zero-order valence-corrected chi connectivity index (χ0v) is 18.7. The van der Waals surface area contributed by atoms with E-state index in [2.05, 4.69) is 4.90 Å². The second kappa shape index (κ2) is 8.71. The summed E-state index contributed by atoms with van der Waals surface area (Å²) in [5.41, 5.74) is 8.44. The Morgan fingerprint density at radius 1 is 0.939 bits per heavy atom. The summed E-state index contributed by atoms with van der Waals surface area (Å²) in [7, 11) is 1.53. The van der Waals surface area contributed by atoms with Gasteiger partial charge in [-0.1, -0.05) is 60.7 Å². The maximum absolute atomic E-state index is 13.4. The number of benzene rings is 2. The maximum atomic E-state index is 13.4. The van der Waals surface area contributed by atoms with E-state index in [-0.39, 0.29) is 17.3 Å². The van der Waals surface area contributed by atoms with Gasteiger partial charge in [-0.15, -0.1) is 0 Å². The summed E-state index contributed by atoms with van der Waals surface area (Å²) >= 11 is 0. The molecule has 33 heavy (non-hydrogen) atoms. The quantitative estimate of drug-likeness (QED) is 0.508. The second-order valence-electron chi connectivity index (χ2n) is 8.72. The van der Waals surface area contributed by atoms with Crippen LogP contribution in [0.3, 0.4) is 0 Å². The Balaban J connectivity index is 1.75. The topological polar surface area (TPSA) is 91.1 Å². The van der Waals surface area contributed by atoms with Crippen LogP contribution in [0.2, 0.25) is 0 Å². The average Bonchev–Trinajstić information content (AvgIpc) is 3.21. The highest BCUT2D eigenvalue weighted by Gasteiger charge is 2.26. The van der Waals surface area contributed by atoms with Gasteiger partial charge in [0.15, 0.2) is 11.2 Å². The van der Waals surface area contributed by atoms with Gasteiger partial charge in [-0.05, 0) is 24.0 Å². The second-order valence-corrected chi connectivity index (χ2v) is 8.72. The highest BCUT2D eigenvalue weighted by atomic mass is 16.2. The average molecular weight is 445 g/mol. The SMILES string of the molecule is Cn1c(=O)c2c(nc(N3CCCC(N)C3)n2Cc2ccccc2)n(Cc2ccccc2)c1=O. The number of aromatic nitrogens is 4. The molecule has 1 aliphatic rings. The minimum Gasteiger partial charge on any atom is -0.341 e. The van der Waals surface area contributed by atoms with Crippen LogP contribution in [-0.4, -0.2) is 37.8 Å². The monoisotopic (exact) mass is 444 g/mol. The van der Waals surface area contributed by atoms with E-state index >= 15 is 0 Å². The standard InChI is InChI=1S/C25H28N6O2/c1-28-23(32)21-22(31(25(28)33)16-19-11-6-3-7-12-19)27-24(29-14-8-13-20(26)17-29)30(21)15-18-9-4-2-5-10-18/h2-7,9-12,20H,8,13-17,26H2,1H3. The lowest BCUT2D eigenvalue weighted by Crippen LogP contribution is -2.44. The van der Waals surface area contributed by atoms with Crippen molar-refractivity contribution in [3.8, 4) is 0 Å². The summed E-state index contributed by atoms with van der Waals surface area (Å²) in [6, 6.07) is 19.8. The fourth-order valence-corrected chi connectivity index (χ4v) is 4.60. The molecule has 0 saturated carbocycles. The van der Waals surface area contributed by atoms with Crippen LogP contribution in [0.15, 0.2) is 70.3 Å². The van der Waals surface area contributed by atoms with Crippen molar-refractivity contribution in [1.82, 2.24) is 18.7 Å². The smallest absolute Gasteiger partial charge is 0.332 e. The molecule has 0 amide bonds. The Hall–Kier alpha value is -3.65. The number of rotatable bonds is 5. The Kier molecular flexibility index (Phi) is 5.60. The molecule has 4 aromatic rings. The van der Waals surface area contributed by atoms with Crippen LogP contribution in [0.25, 0.3) is 11.2 Å². The van der Waals surface area contributed by atoms with E-state index in [1.165, 1.54) is 11.6 Å². The van der Waals surface area contributed by atoms with Crippen molar-refractivity contribution in [3.63, 3.8) is 0 Å². The van der Waals surface area contributed by atoms with Gasteiger partial charge in [0.1, 0.15) is 0 Å². The largest absolute Gasteiger partial charge is 0.341 e. The van der Waals surface area contributed by atoms with Gasteiger partial charge in [0.25, 0.3) is 5.56 Å². The number of hydrogen-bond donors (Lipinski definition) is 1. The van der Waals surface area contributed by atoms with Crippen LogP contribution >= 0.6 is 0 Å². The van der Waals surface area contributed by atoms with Gasteiger partial charge in [0, 0.05) is 26.2 Å². The summed E-state index contributed by atoms with van der Waals surface area (Å²) in [5, 5.41) is 0. The molecule has 3 heterocycles. The lowest BCUT2D eigenvalue weighted by atomic mass is 10.1. The number of piperidine rings is 1. The Morgan fingerprint density at radius 3 is 2.15 bits per heavy atom. The highest BCUT2D eigenvalue weighted by molar-refractivity contribution is 5.75. The maximum Gasteiger partial charge on any atom is 0.332 e. The van der Waals surface area contributed by atoms with E-state index in [4.69, 9.17) is 10.7 Å². The molecule has 2 N–H and O–H groups in total. The van der Waals surface area contributed by atoms with Crippen LogP contribution in [0.5, 0.6) is 0 Å². The first-order chi connectivity index (χ1) is 16.0. The normalized spacial score (nSPS) is 16.4. The molecule has 170 valence electrons. The minimum absolute atomic E-state index is 0.0538. The molecular weight excluding hydrogens is 416 g/mol. The van der Waals surface area contributed by atoms with Crippen LogP contribution in [0, 0.1) is 0 Å². The molecule has 0 bridgehead atoms. The van der Waals surface area contributed by atoms with Crippen LogP contribution in [-0.2, 0) is 20.1 Å². The lowest BCUT2D eigenvalue weighted by Gasteiger charge is -2.31. The summed E-state index contributed by atoms with van der Waals surface area (Å²) < 4.78 is 4.73. The molecule has 1 atom stereocenters. The third-order valence-corrected chi connectivity index (χ3v) is 6.32. The minimum atomic E-state index is -0.373. The van der Waals surface area contributed by atoms with Gasteiger partial charge in [-0.25, -0.2) is 4.79 Å². The number of fused-ring (bicyclic) bond motifs is 1. The van der Waals surface area contributed by atoms with Gasteiger partial charge < -0.3 is 10.6 Å². The predicted molar refractivity (Wildman–Crippen MR) is 130 cm³/mol. The summed E-state index contributed by atoms with van der Waals surface area (Å²) in [6.07, 6.45) is 1.93. The fraction of sp³-hybridized carbons (Fsp3) is 0.320. The van der Waals surface area contributed by atoms with Gasteiger partial charge in [0.05, 0.1) is 13.1 Å². The Morgan fingerprint density at radius 2 is 1.55 bits per heavy atom. The van der Waals surface area contributed by atoms with Gasteiger partial charge in [0.2, 0.25) is 5.95 Å². The molecule has 0 radical (unpaired) electrons. The van der Waals surface area contributed by atoms with Crippen molar-refractivity contribution >= 4 is 17.1 Å². The van der Waals surface area contributed by atoms with Gasteiger partial charge in [-0.2, -0.15) is 4.98 Å². The van der Waals surface area contributed by atoms with Crippen molar-refractivity contribution in [3.05, 3.63) is 92.6 Å². The van der Waals surface area contributed by atoms with E-state index in [0.717, 1.165) is 30.5 Å². The molecule has 1 unspecified atom stereocenters. The highest BCUT2D eigenvalue weighted by Crippen LogP contribution is 2.24. The third kappa shape index (κ3) is 3.98. The van der Waals surface area contributed by atoms with E-state index in [1.807, 2.05) is 65.2 Å². The lowest BCUT2D eigenvalue weighted by molar-refractivity contribution is 0.495. The molecule has 2 aromatic carbocycles. The molecule has 0 aliphatic carbocycles. The number of hydrogen-bond acceptors (Lipinski definition) is 5. The molecule has 8 nitrogen and oxygen atoms in total. The van der Waals surface area contributed by atoms with E-state index < -0.39 is 0 Å². The zero-order valence-electron chi connectivity index (χ0n) is 18.7. The van der Waals surface area contributed by atoms with E-state index in [1.54, 1.807) is 4.57 Å². The fourth-order valence-electron chi connectivity index (χ4n) is 4.60. The predicted octanol–water partition coefficient (Wildman–Crippen LogP) is 1.92. The number of imidazole rings is 1. The van der Waals surface area contributed by atoms with Crippen molar-refractivity contribution in [2.75, 3.05) is 18.0 Å². The first kappa shape index (κ1) is 21.2. The molecule has 1 saturated heterocycles. The molecular formula is C25H28N6O2. The van der Waals surface area contributed by atoms with Gasteiger partial charge in [-0.3, -0.25) is 18.5 Å². The summed E-state index contributed by atoms with van der Waals surface area (Å²) in [6.45, 7) is 2.30. The van der Waals surface area contributed by atoms with E-state index in [0.29, 0.717) is 36.7 Å². The summed E-state index contributed by atoms with van der Waals surface area (Å²) in [4.78, 5) is 33.6. The summed E-state index contributed by atoms with van der Waals surface area (Å²) in [5.74, 6) is 0.688. The molecule has 1 aliphatic heterocycles. The number of anilines is 1. The first-order valence-electron chi connectivity index (χ1n) is 11.3. The molecule has 5 rings (SSSR count). The number of nitrogens with two attached hydrogens (primary N) is 1. The number of nitrogens with zero attached hydrogens (tertiary/aromatic N) is 5. The van der Waals surface area contributed by atoms with Crippen LogP contribution < -0.4 is 21.9 Å². The van der Waals surface area contributed by atoms with Crippen LogP contribution in [0.1, 0.15) is 24.0 Å². The Labute approximate surface area is 191 Å². The van der Waals surface area contributed by atoms with Crippen molar-refractivity contribution in [2.45, 2.75) is 32.0 Å². The molecule has 1 fully saturated rings. The van der Waals surface area contributed by atoms with Gasteiger partial charge >= 0.3 is 5.69 Å². The Bertz CT molecular complexity index is 1390. The van der Waals surface area contributed by atoms with Crippen molar-refractivity contribution in [1.29, 1.82) is 0 Å². The molecule has 8 heteroatoms. The van der Waals surface area contributed by atoms with Crippen LogP contribution in [0.4, 0.5) is 5.95 Å². The van der Waals surface area contributed by atoms with Crippen molar-refractivity contribution < 1.29 is 0 Å². The van der Waals surface area contributed by atoms with Crippen molar-refractivity contribution in [2.24, 2.45) is 12.8 Å². The molecule has 2 aromatic heterocycles. The third-order valence-electron chi connectivity index (χ3n) is 6.32. The first-order valence-corrected chi connectivity index (χ1v) is 11.3.